The number of hydrogen-bond donors (Lipinski definition) is 2. The number of thiazole rings is 1. The summed E-state index contributed by atoms with van der Waals surface area (Å²) in [5.74, 6) is -1.02. The van der Waals surface area contributed by atoms with Crippen LogP contribution in [0.1, 0.15) is 23.3 Å². The number of carbonyl (C=O) groups excluding carboxylic acids is 3. The lowest BCUT2D eigenvalue weighted by atomic mass is 9.83. The number of fused-ring (bicyclic) bond motifs is 2. The monoisotopic (exact) mass is 617 g/mol. The van der Waals surface area contributed by atoms with Crippen molar-refractivity contribution in [1.29, 1.82) is 0 Å². The van der Waals surface area contributed by atoms with Crippen LogP contribution in [0.15, 0.2) is 82.6 Å². The summed E-state index contributed by atoms with van der Waals surface area (Å²) in [4.78, 5) is 57.1. The van der Waals surface area contributed by atoms with Crippen molar-refractivity contribution < 1.29 is 28.6 Å². The Hall–Kier alpha value is -4.55. The van der Waals surface area contributed by atoms with Gasteiger partial charge in [-0.1, -0.05) is 47.4 Å². The van der Waals surface area contributed by atoms with Gasteiger partial charge in [-0.2, -0.15) is 0 Å². The van der Waals surface area contributed by atoms with Crippen LogP contribution in [0.25, 0.3) is 0 Å². The van der Waals surface area contributed by atoms with E-state index in [0.29, 0.717) is 50.7 Å². The van der Waals surface area contributed by atoms with Gasteiger partial charge >= 0.3 is 4.87 Å². The van der Waals surface area contributed by atoms with Crippen LogP contribution < -0.4 is 29.3 Å². The van der Waals surface area contributed by atoms with Crippen LogP contribution in [-0.2, 0) is 14.4 Å². The van der Waals surface area contributed by atoms with E-state index in [1.165, 1.54) is 16.7 Å². The van der Waals surface area contributed by atoms with Crippen molar-refractivity contribution in [2.24, 2.45) is 5.92 Å². The third kappa shape index (κ3) is 5.51. The molecule has 1 aromatic heterocycles. The summed E-state index contributed by atoms with van der Waals surface area (Å²) in [6.07, 6.45) is 0. The predicted molar refractivity (Wildman–Crippen MR) is 164 cm³/mol. The molecule has 6 rings (SSSR count). The van der Waals surface area contributed by atoms with Gasteiger partial charge in [-0.25, -0.2) is 4.90 Å². The summed E-state index contributed by atoms with van der Waals surface area (Å²) in [6, 6.07) is 21.0. The van der Waals surface area contributed by atoms with Crippen LogP contribution in [0, 0.1) is 5.92 Å². The molecule has 12 heteroatoms. The number of ether oxygens (including phenoxy) is 3. The van der Waals surface area contributed by atoms with E-state index >= 15 is 0 Å². The molecule has 2 unspecified atom stereocenters. The summed E-state index contributed by atoms with van der Waals surface area (Å²) in [6.45, 7) is 1.91. The second kappa shape index (κ2) is 12.0. The third-order valence-corrected chi connectivity index (χ3v) is 9.60. The zero-order valence-corrected chi connectivity index (χ0v) is 24.8. The first-order chi connectivity index (χ1) is 20.9. The molecule has 3 amide bonds. The fourth-order valence-corrected chi connectivity index (χ4v) is 7.84. The number of benzene rings is 3. The quantitative estimate of drug-likeness (QED) is 0.260. The number of aromatic nitrogens is 1. The standard InChI is InChI=1S/C31H27N3O7S2/c1-3-40-22-15-17(9-14-21(22)41-16-23(35)32-18-7-5-4-6-8-18)24-25-27(42-28-26(24)43-31(38)33-28)30(37)34(29(25)36)19-10-12-20(39-2)13-11-19/h4-15,24-25,27H,3,16H2,1-2H3,(H,32,35)(H,33,38)/t24-,25?,27?/m1/s1. The lowest BCUT2D eigenvalue weighted by Gasteiger charge is -2.30. The van der Waals surface area contributed by atoms with Crippen LogP contribution in [-0.4, -0.2) is 48.3 Å². The molecule has 3 atom stereocenters. The molecule has 220 valence electrons. The molecule has 1 saturated heterocycles. The Labute approximate surface area is 255 Å². The third-order valence-electron chi connectivity index (χ3n) is 7.20. The Balaban J connectivity index is 1.32. The number of rotatable bonds is 9. The number of hydrogen-bond acceptors (Lipinski definition) is 9. The highest BCUT2D eigenvalue weighted by Crippen LogP contribution is 2.53. The van der Waals surface area contributed by atoms with Crippen LogP contribution in [0.2, 0.25) is 0 Å². The number of anilines is 2. The number of thioether (sulfide) groups is 1. The summed E-state index contributed by atoms with van der Waals surface area (Å²) >= 11 is 2.24. The zero-order valence-electron chi connectivity index (χ0n) is 23.2. The molecule has 2 aliphatic heterocycles. The number of para-hydroxylation sites is 1. The molecule has 4 aromatic rings. The van der Waals surface area contributed by atoms with Crippen LogP contribution in [0.5, 0.6) is 17.2 Å². The van der Waals surface area contributed by atoms with E-state index in [4.69, 9.17) is 14.2 Å². The second-order valence-corrected chi connectivity index (χ2v) is 12.0. The number of nitrogens with one attached hydrogen (secondary N) is 2. The molecule has 0 radical (unpaired) electrons. The molecule has 0 saturated carbocycles. The smallest absolute Gasteiger partial charge is 0.305 e. The van der Waals surface area contributed by atoms with Gasteiger partial charge in [0.15, 0.2) is 18.1 Å². The van der Waals surface area contributed by atoms with Gasteiger partial charge in [0.05, 0.1) is 30.3 Å². The van der Waals surface area contributed by atoms with Crippen molar-refractivity contribution in [2.75, 3.05) is 30.5 Å². The number of amides is 3. The Morgan fingerprint density at radius 3 is 2.44 bits per heavy atom. The van der Waals surface area contributed by atoms with E-state index < -0.39 is 17.1 Å². The Morgan fingerprint density at radius 2 is 1.72 bits per heavy atom. The Morgan fingerprint density at radius 1 is 0.953 bits per heavy atom. The van der Waals surface area contributed by atoms with E-state index in [0.717, 1.165) is 11.3 Å². The van der Waals surface area contributed by atoms with E-state index in [9.17, 15) is 19.2 Å². The van der Waals surface area contributed by atoms with Gasteiger partial charge < -0.3 is 24.5 Å². The molecule has 2 N–H and O–H groups in total. The number of carbonyl (C=O) groups is 3. The molecule has 0 aliphatic carbocycles. The normalized spacial score (nSPS) is 19.0. The fraction of sp³-hybridized carbons (Fsp3) is 0.226. The van der Waals surface area contributed by atoms with E-state index in [2.05, 4.69) is 10.3 Å². The fourth-order valence-electron chi connectivity index (χ4n) is 5.33. The summed E-state index contributed by atoms with van der Waals surface area (Å²) < 4.78 is 16.9. The van der Waals surface area contributed by atoms with Gasteiger partial charge in [-0.05, 0) is 61.0 Å². The van der Waals surface area contributed by atoms with Crippen molar-refractivity contribution in [3.05, 3.63) is 92.9 Å². The SMILES string of the molecule is CCOc1cc([C@H]2c3sc(=O)[nH]c3SC3C(=O)N(c4ccc(OC)cc4)C(=O)C32)ccc1OCC(=O)Nc1ccccc1. The maximum atomic E-state index is 14.0. The average molecular weight is 618 g/mol. The molecule has 43 heavy (non-hydrogen) atoms. The van der Waals surface area contributed by atoms with Crippen molar-refractivity contribution in [1.82, 2.24) is 4.98 Å². The topological polar surface area (TPSA) is 127 Å². The number of H-pyrrole nitrogens is 1. The highest BCUT2D eigenvalue weighted by molar-refractivity contribution is 8.00. The predicted octanol–water partition coefficient (Wildman–Crippen LogP) is 4.66. The van der Waals surface area contributed by atoms with Crippen molar-refractivity contribution >= 4 is 52.2 Å². The molecular weight excluding hydrogens is 590 g/mol. The number of aromatic amines is 1. The maximum Gasteiger partial charge on any atom is 0.305 e. The Kier molecular flexibility index (Phi) is 7.96. The molecule has 10 nitrogen and oxygen atoms in total. The van der Waals surface area contributed by atoms with E-state index in [1.54, 1.807) is 61.7 Å². The van der Waals surface area contributed by atoms with Gasteiger partial charge in [0, 0.05) is 16.5 Å². The first-order valence-electron chi connectivity index (χ1n) is 13.5. The minimum absolute atomic E-state index is 0.244. The van der Waals surface area contributed by atoms with Gasteiger partial charge in [0.25, 0.3) is 5.91 Å². The van der Waals surface area contributed by atoms with E-state index in [-0.39, 0.29) is 29.2 Å². The average Bonchev–Trinajstić information content (AvgIpc) is 3.51. The molecule has 3 aromatic carbocycles. The molecule has 3 heterocycles. The summed E-state index contributed by atoms with van der Waals surface area (Å²) in [5.41, 5.74) is 1.80. The van der Waals surface area contributed by atoms with Crippen LogP contribution in [0.4, 0.5) is 11.4 Å². The highest BCUT2D eigenvalue weighted by Gasteiger charge is 2.56. The minimum Gasteiger partial charge on any atom is -0.497 e. The van der Waals surface area contributed by atoms with E-state index in [1.807, 2.05) is 25.1 Å². The summed E-state index contributed by atoms with van der Waals surface area (Å²) in [7, 11) is 1.54. The van der Waals surface area contributed by atoms with Gasteiger partial charge in [-0.3, -0.25) is 19.2 Å². The Bertz CT molecular complexity index is 1740. The van der Waals surface area contributed by atoms with Crippen LogP contribution in [0.3, 0.4) is 0 Å². The molecule has 2 aliphatic rings. The molecular formula is C31H27N3O7S2. The lowest BCUT2D eigenvalue weighted by Crippen LogP contribution is -2.32. The second-order valence-electron chi connectivity index (χ2n) is 9.80. The number of nitrogens with zero attached hydrogens (tertiary/aromatic N) is 1. The van der Waals surface area contributed by atoms with Gasteiger partial charge in [0.2, 0.25) is 11.8 Å². The van der Waals surface area contributed by atoms with Gasteiger partial charge in [-0.15, -0.1) is 0 Å². The van der Waals surface area contributed by atoms with Crippen molar-refractivity contribution in [3.8, 4) is 17.2 Å². The maximum absolute atomic E-state index is 14.0. The minimum atomic E-state index is -0.753. The highest BCUT2D eigenvalue weighted by atomic mass is 32.2. The molecule has 0 bridgehead atoms. The van der Waals surface area contributed by atoms with Crippen molar-refractivity contribution in [2.45, 2.75) is 23.1 Å². The largest absolute Gasteiger partial charge is 0.497 e. The lowest BCUT2D eigenvalue weighted by molar-refractivity contribution is -0.122. The van der Waals surface area contributed by atoms with Gasteiger partial charge in [0.1, 0.15) is 11.0 Å². The molecule has 1 fully saturated rings. The summed E-state index contributed by atoms with van der Waals surface area (Å²) in [5, 5.41) is 2.63. The first kappa shape index (κ1) is 28.6. The zero-order chi connectivity index (χ0) is 30.1. The number of imide groups is 1. The van der Waals surface area contributed by atoms with Crippen molar-refractivity contribution in [3.63, 3.8) is 0 Å². The molecule has 0 spiro atoms. The number of methoxy groups -OCH3 is 1. The van der Waals surface area contributed by atoms with Crippen LogP contribution >= 0.6 is 23.1 Å². The first-order valence-corrected chi connectivity index (χ1v) is 15.2.